The molecule has 2 N–H and O–H groups in total. The lowest BCUT2D eigenvalue weighted by atomic mass is 10.1. The van der Waals surface area contributed by atoms with Crippen LogP contribution in [0, 0.1) is 6.92 Å². The Balaban J connectivity index is 1.50. The van der Waals surface area contributed by atoms with Gasteiger partial charge in [0, 0.05) is 31.9 Å². The Morgan fingerprint density at radius 3 is 2.79 bits per heavy atom. The van der Waals surface area contributed by atoms with Gasteiger partial charge in [0.05, 0.1) is 23.6 Å². The van der Waals surface area contributed by atoms with Crippen LogP contribution in [0.15, 0.2) is 42.6 Å². The molecule has 2 aromatic heterocycles. The van der Waals surface area contributed by atoms with Crippen LogP contribution in [0.2, 0.25) is 0 Å². The van der Waals surface area contributed by atoms with Crippen LogP contribution in [0.4, 0.5) is 10.5 Å². The van der Waals surface area contributed by atoms with E-state index in [-0.39, 0.29) is 18.0 Å². The summed E-state index contributed by atoms with van der Waals surface area (Å²) in [5.41, 5.74) is 3.17. The van der Waals surface area contributed by atoms with Crippen molar-refractivity contribution < 1.29 is 9.59 Å². The van der Waals surface area contributed by atoms with E-state index in [1.54, 1.807) is 10.9 Å². The van der Waals surface area contributed by atoms with Gasteiger partial charge in [-0.2, -0.15) is 5.10 Å². The fourth-order valence-electron chi connectivity index (χ4n) is 3.74. The van der Waals surface area contributed by atoms with E-state index in [1.165, 1.54) is 0 Å². The van der Waals surface area contributed by atoms with Crippen molar-refractivity contribution in [1.29, 1.82) is 0 Å². The molecule has 4 rings (SSSR count). The summed E-state index contributed by atoms with van der Waals surface area (Å²) in [5.74, 6) is 0.134. The third-order valence-corrected chi connectivity index (χ3v) is 5.20. The number of benzene rings is 1. The van der Waals surface area contributed by atoms with Gasteiger partial charge in [-0.05, 0) is 25.0 Å². The number of aromatic nitrogens is 3. The first-order chi connectivity index (χ1) is 14.0. The molecule has 0 bridgehead atoms. The molecule has 0 unspecified atom stereocenters. The Morgan fingerprint density at radius 2 is 2.07 bits per heavy atom. The van der Waals surface area contributed by atoms with Crippen molar-refractivity contribution in [3.63, 3.8) is 0 Å². The topological polar surface area (TPSA) is 92.2 Å². The summed E-state index contributed by atoms with van der Waals surface area (Å²) in [6.07, 6.45) is 3.05. The minimum absolute atomic E-state index is 0.134. The fourth-order valence-corrected chi connectivity index (χ4v) is 3.74. The van der Waals surface area contributed by atoms with Crippen LogP contribution in [-0.4, -0.2) is 44.7 Å². The first-order valence-electron chi connectivity index (χ1n) is 9.71. The van der Waals surface area contributed by atoms with Crippen LogP contribution in [0.25, 0.3) is 11.0 Å². The van der Waals surface area contributed by atoms with Gasteiger partial charge in [0.1, 0.15) is 0 Å². The molecule has 1 saturated heterocycles. The highest BCUT2D eigenvalue weighted by Gasteiger charge is 2.25. The largest absolute Gasteiger partial charge is 0.340 e. The Labute approximate surface area is 168 Å². The van der Waals surface area contributed by atoms with E-state index in [9.17, 15) is 9.59 Å². The number of pyridine rings is 1. The molecule has 0 spiro atoms. The molecular formula is C21H24N6O2. The van der Waals surface area contributed by atoms with Crippen LogP contribution in [-0.2, 0) is 11.8 Å². The fraction of sp³-hybridized carbons (Fsp3) is 0.333. The highest BCUT2D eigenvalue weighted by atomic mass is 16.2. The molecule has 29 heavy (non-hydrogen) atoms. The standard InChI is InChI=1S/C21H24N6O2/c1-14-17-11-16(12-22-20(17)26(2)25-14)23-21(29)24-18(15-7-4-3-5-8-15)13-27-10-6-9-19(27)28/h3-5,7-8,11-12,18H,6,9-10,13H2,1-2H3,(H2,23,24,29)/t18-/m1/s1. The summed E-state index contributed by atoms with van der Waals surface area (Å²) >= 11 is 0. The van der Waals surface area contributed by atoms with Crippen LogP contribution >= 0.6 is 0 Å². The van der Waals surface area contributed by atoms with Gasteiger partial charge in [0.2, 0.25) is 5.91 Å². The molecule has 1 atom stereocenters. The number of hydrogen-bond acceptors (Lipinski definition) is 4. The lowest BCUT2D eigenvalue weighted by Gasteiger charge is -2.25. The van der Waals surface area contributed by atoms with Crippen LogP contribution < -0.4 is 10.6 Å². The van der Waals surface area contributed by atoms with E-state index >= 15 is 0 Å². The summed E-state index contributed by atoms with van der Waals surface area (Å²) in [7, 11) is 1.84. The van der Waals surface area contributed by atoms with Crippen molar-refractivity contribution in [3.05, 3.63) is 53.9 Å². The lowest BCUT2D eigenvalue weighted by molar-refractivity contribution is -0.128. The number of rotatable bonds is 5. The highest BCUT2D eigenvalue weighted by molar-refractivity contribution is 5.92. The molecule has 1 aliphatic heterocycles. The zero-order valence-corrected chi connectivity index (χ0v) is 16.6. The summed E-state index contributed by atoms with van der Waals surface area (Å²) in [6, 6.07) is 10.9. The molecule has 0 aliphatic carbocycles. The highest BCUT2D eigenvalue weighted by Crippen LogP contribution is 2.21. The Hall–Kier alpha value is -3.42. The van der Waals surface area contributed by atoms with Gasteiger partial charge >= 0.3 is 6.03 Å². The third-order valence-electron chi connectivity index (χ3n) is 5.20. The second-order valence-corrected chi connectivity index (χ2v) is 7.31. The van der Waals surface area contributed by atoms with E-state index in [0.717, 1.165) is 35.3 Å². The van der Waals surface area contributed by atoms with Crippen molar-refractivity contribution in [1.82, 2.24) is 25.0 Å². The average molecular weight is 392 g/mol. The van der Waals surface area contributed by atoms with E-state index in [1.807, 2.05) is 55.3 Å². The van der Waals surface area contributed by atoms with Gasteiger partial charge in [-0.25, -0.2) is 9.78 Å². The predicted octanol–water partition coefficient (Wildman–Crippen LogP) is 2.76. The van der Waals surface area contributed by atoms with Crippen LogP contribution in [0.1, 0.15) is 30.1 Å². The summed E-state index contributed by atoms with van der Waals surface area (Å²) in [4.78, 5) is 31.0. The van der Waals surface area contributed by atoms with Crippen molar-refractivity contribution in [2.75, 3.05) is 18.4 Å². The second kappa shape index (κ2) is 7.90. The van der Waals surface area contributed by atoms with Crippen LogP contribution in [0.3, 0.4) is 0 Å². The van der Waals surface area contributed by atoms with E-state index in [2.05, 4.69) is 20.7 Å². The Kier molecular flexibility index (Phi) is 5.16. The molecule has 1 aliphatic rings. The number of carbonyl (C=O) groups is 2. The molecule has 8 nitrogen and oxygen atoms in total. The van der Waals surface area contributed by atoms with Gasteiger partial charge in [0.15, 0.2) is 5.65 Å². The molecular weight excluding hydrogens is 368 g/mol. The van der Waals surface area contributed by atoms with Crippen molar-refractivity contribution in [3.8, 4) is 0 Å². The molecule has 0 radical (unpaired) electrons. The second-order valence-electron chi connectivity index (χ2n) is 7.31. The maximum Gasteiger partial charge on any atom is 0.319 e. The molecule has 150 valence electrons. The monoisotopic (exact) mass is 392 g/mol. The first kappa shape index (κ1) is 18.9. The van der Waals surface area contributed by atoms with Gasteiger partial charge in [0.25, 0.3) is 0 Å². The molecule has 8 heteroatoms. The zero-order chi connectivity index (χ0) is 20.4. The molecule has 1 fully saturated rings. The van der Waals surface area contributed by atoms with Crippen LogP contribution in [0.5, 0.6) is 0 Å². The van der Waals surface area contributed by atoms with Crippen molar-refractivity contribution in [2.45, 2.75) is 25.8 Å². The van der Waals surface area contributed by atoms with E-state index < -0.39 is 0 Å². The Morgan fingerprint density at radius 1 is 1.28 bits per heavy atom. The van der Waals surface area contributed by atoms with Crippen molar-refractivity contribution >= 4 is 28.7 Å². The number of anilines is 1. The number of carbonyl (C=O) groups excluding carboxylic acids is 2. The molecule has 3 aromatic rings. The van der Waals surface area contributed by atoms with Gasteiger partial charge in [-0.15, -0.1) is 0 Å². The lowest BCUT2D eigenvalue weighted by Crippen LogP contribution is -2.40. The molecule has 3 heterocycles. The quantitative estimate of drug-likeness (QED) is 0.698. The molecule has 1 aromatic carbocycles. The zero-order valence-electron chi connectivity index (χ0n) is 16.6. The number of nitrogens with one attached hydrogen (secondary N) is 2. The summed E-state index contributed by atoms with van der Waals surface area (Å²) in [5, 5.41) is 11.1. The van der Waals surface area contributed by atoms with Gasteiger partial charge in [-0.3, -0.25) is 9.48 Å². The summed E-state index contributed by atoms with van der Waals surface area (Å²) < 4.78 is 1.72. The molecule has 3 amide bonds. The minimum Gasteiger partial charge on any atom is -0.340 e. The number of fused-ring (bicyclic) bond motifs is 1. The number of urea groups is 1. The normalized spacial score (nSPS) is 15.0. The SMILES string of the molecule is Cc1nn(C)c2ncc(NC(=O)N[C@H](CN3CCCC3=O)c3ccccc3)cc12. The third kappa shape index (κ3) is 4.06. The van der Waals surface area contributed by atoms with E-state index in [0.29, 0.717) is 18.7 Å². The van der Waals surface area contributed by atoms with Gasteiger partial charge in [-0.1, -0.05) is 30.3 Å². The number of amides is 3. The number of nitrogens with zero attached hydrogens (tertiary/aromatic N) is 4. The Bertz CT molecular complexity index is 1050. The number of hydrogen-bond donors (Lipinski definition) is 2. The van der Waals surface area contributed by atoms with E-state index in [4.69, 9.17) is 0 Å². The number of likely N-dealkylation sites (tertiary alicyclic amines) is 1. The maximum atomic E-state index is 12.7. The van der Waals surface area contributed by atoms with Gasteiger partial charge < -0.3 is 15.5 Å². The maximum absolute atomic E-state index is 12.7. The number of aryl methyl sites for hydroxylation is 2. The molecule has 0 saturated carbocycles. The minimum atomic E-state index is -0.340. The summed E-state index contributed by atoms with van der Waals surface area (Å²) in [6.45, 7) is 3.09. The first-order valence-corrected chi connectivity index (χ1v) is 9.71. The van der Waals surface area contributed by atoms with Crippen molar-refractivity contribution in [2.24, 2.45) is 7.05 Å². The predicted molar refractivity (Wildman–Crippen MR) is 110 cm³/mol. The average Bonchev–Trinajstić information content (AvgIpc) is 3.24. The smallest absolute Gasteiger partial charge is 0.319 e.